The second kappa shape index (κ2) is 6.20. The normalized spacial score (nSPS) is 21.1. The van der Waals surface area contributed by atoms with Crippen LogP contribution in [0.1, 0.15) is 50.4 Å². The third-order valence-corrected chi connectivity index (χ3v) is 4.60. The van der Waals surface area contributed by atoms with Gasteiger partial charge in [-0.3, -0.25) is 10.1 Å². The summed E-state index contributed by atoms with van der Waals surface area (Å²) in [6.07, 6.45) is 2.29. The Morgan fingerprint density at radius 2 is 2.40 bits per heavy atom. The van der Waals surface area contributed by atoms with Gasteiger partial charge in [0.05, 0.1) is 16.8 Å². The van der Waals surface area contributed by atoms with Gasteiger partial charge in [-0.2, -0.15) is 0 Å². The monoisotopic (exact) mass is 297 g/mol. The average molecular weight is 297 g/mol. The van der Waals surface area contributed by atoms with E-state index in [1.54, 1.807) is 11.3 Å². The van der Waals surface area contributed by atoms with E-state index in [1.165, 1.54) is 0 Å². The van der Waals surface area contributed by atoms with Crippen molar-refractivity contribution in [3.8, 4) is 0 Å². The smallest absolute Gasteiger partial charge is 0.240 e. The maximum absolute atomic E-state index is 11.6. The molecule has 0 saturated carbocycles. The molecule has 3 N–H and O–H groups in total. The van der Waals surface area contributed by atoms with Crippen LogP contribution in [-0.4, -0.2) is 30.1 Å². The molecule has 2 rings (SSSR count). The predicted octanol–water partition coefficient (Wildman–Crippen LogP) is 1.74. The summed E-state index contributed by atoms with van der Waals surface area (Å²) >= 11 is 1.57. The second-order valence-electron chi connectivity index (χ2n) is 6.21. The molecule has 0 bridgehead atoms. The zero-order chi connectivity index (χ0) is 14.8. The number of primary amides is 1. The van der Waals surface area contributed by atoms with E-state index < -0.39 is 11.9 Å². The van der Waals surface area contributed by atoms with Gasteiger partial charge in [-0.25, -0.2) is 4.98 Å². The summed E-state index contributed by atoms with van der Waals surface area (Å²) in [5.74, 6) is -0.395. The molecular formula is C14H23N3O2S. The Morgan fingerprint density at radius 3 is 2.90 bits per heavy atom. The van der Waals surface area contributed by atoms with Gasteiger partial charge in [-0.15, -0.1) is 11.3 Å². The first kappa shape index (κ1) is 15.4. The molecule has 2 unspecified atom stereocenters. The molecule has 2 atom stereocenters. The molecule has 1 amide bonds. The third-order valence-electron chi connectivity index (χ3n) is 3.32. The molecule has 1 aliphatic rings. The van der Waals surface area contributed by atoms with Gasteiger partial charge in [0.1, 0.15) is 6.04 Å². The molecule has 1 aliphatic heterocycles. The van der Waals surface area contributed by atoms with Gasteiger partial charge < -0.3 is 10.5 Å². The SMILES string of the molecule is CC(C)(C)c1nc(C(NCC2CCCO2)C(N)=O)cs1. The Labute approximate surface area is 123 Å². The van der Waals surface area contributed by atoms with Gasteiger partial charge >= 0.3 is 0 Å². The van der Waals surface area contributed by atoms with E-state index in [1.807, 2.05) is 5.38 Å². The number of thiazole rings is 1. The Hall–Kier alpha value is -0.980. The van der Waals surface area contributed by atoms with Crippen molar-refractivity contribution in [2.45, 2.75) is 51.2 Å². The molecule has 1 aromatic rings. The first-order valence-corrected chi connectivity index (χ1v) is 7.86. The average Bonchev–Trinajstić information content (AvgIpc) is 2.97. The Kier molecular flexibility index (Phi) is 4.78. The molecule has 2 heterocycles. The fourth-order valence-electron chi connectivity index (χ4n) is 2.17. The van der Waals surface area contributed by atoms with Crippen molar-refractivity contribution in [2.24, 2.45) is 5.73 Å². The van der Waals surface area contributed by atoms with Crippen LogP contribution in [0.2, 0.25) is 0 Å². The highest BCUT2D eigenvalue weighted by Crippen LogP contribution is 2.27. The van der Waals surface area contributed by atoms with E-state index in [0.29, 0.717) is 12.2 Å². The molecule has 112 valence electrons. The highest BCUT2D eigenvalue weighted by Gasteiger charge is 2.26. The van der Waals surface area contributed by atoms with Crippen molar-refractivity contribution in [1.29, 1.82) is 0 Å². The molecule has 1 aromatic heterocycles. The molecule has 20 heavy (non-hydrogen) atoms. The van der Waals surface area contributed by atoms with Crippen LogP contribution in [0.3, 0.4) is 0 Å². The molecule has 5 nitrogen and oxygen atoms in total. The fourth-order valence-corrected chi connectivity index (χ4v) is 3.10. The quantitative estimate of drug-likeness (QED) is 0.868. The van der Waals surface area contributed by atoms with E-state index >= 15 is 0 Å². The van der Waals surface area contributed by atoms with E-state index in [-0.39, 0.29) is 11.5 Å². The van der Waals surface area contributed by atoms with Crippen LogP contribution in [-0.2, 0) is 14.9 Å². The lowest BCUT2D eigenvalue weighted by Gasteiger charge is -2.17. The highest BCUT2D eigenvalue weighted by molar-refractivity contribution is 7.09. The summed E-state index contributed by atoms with van der Waals surface area (Å²) in [7, 11) is 0. The summed E-state index contributed by atoms with van der Waals surface area (Å²) in [4.78, 5) is 16.2. The van der Waals surface area contributed by atoms with Crippen LogP contribution in [0.15, 0.2) is 5.38 Å². The fraction of sp³-hybridized carbons (Fsp3) is 0.714. The number of hydrogen-bond acceptors (Lipinski definition) is 5. The maximum atomic E-state index is 11.6. The highest BCUT2D eigenvalue weighted by atomic mass is 32.1. The van der Waals surface area contributed by atoms with Crippen LogP contribution >= 0.6 is 11.3 Å². The van der Waals surface area contributed by atoms with Crippen LogP contribution < -0.4 is 11.1 Å². The number of rotatable bonds is 5. The lowest BCUT2D eigenvalue weighted by Crippen LogP contribution is -2.38. The van der Waals surface area contributed by atoms with Crippen LogP contribution in [0.5, 0.6) is 0 Å². The lowest BCUT2D eigenvalue weighted by atomic mass is 9.98. The summed E-state index contributed by atoms with van der Waals surface area (Å²) in [6.45, 7) is 7.76. The molecule has 6 heteroatoms. The van der Waals surface area contributed by atoms with Crippen molar-refractivity contribution in [2.75, 3.05) is 13.2 Å². The van der Waals surface area contributed by atoms with Gasteiger partial charge in [0.15, 0.2) is 0 Å². The van der Waals surface area contributed by atoms with Crippen molar-refractivity contribution >= 4 is 17.2 Å². The van der Waals surface area contributed by atoms with Gasteiger partial charge in [-0.1, -0.05) is 20.8 Å². The minimum absolute atomic E-state index is 0.0142. The minimum Gasteiger partial charge on any atom is -0.377 e. The first-order chi connectivity index (χ1) is 9.38. The van der Waals surface area contributed by atoms with Gasteiger partial charge in [-0.05, 0) is 12.8 Å². The van der Waals surface area contributed by atoms with Crippen LogP contribution in [0.25, 0.3) is 0 Å². The third kappa shape index (κ3) is 3.77. The number of aromatic nitrogens is 1. The largest absolute Gasteiger partial charge is 0.377 e. The predicted molar refractivity (Wildman–Crippen MR) is 79.7 cm³/mol. The number of nitrogens with one attached hydrogen (secondary N) is 1. The molecule has 1 saturated heterocycles. The Bertz CT molecular complexity index is 461. The van der Waals surface area contributed by atoms with Crippen molar-refractivity contribution in [3.05, 3.63) is 16.1 Å². The van der Waals surface area contributed by atoms with Crippen LogP contribution in [0, 0.1) is 0 Å². The first-order valence-electron chi connectivity index (χ1n) is 6.98. The maximum Gasteiger partial charge on any atom is 0.240 e. The number of ether oxygens (including phenoxy) is 1. The van der Waals surface area contributed by atoms with Crippen molar-refractivity contribution < 1.29 is 9.53 Å². The van der Waals surface area contributed by atoms with E-state index in [9.17, 15) is 4.79 Å². The molecule has 0 aromatic carbocycles. The van der Waals surface area contributed by atoms with Crippen molar-refractivity contribution in [1.82, 2.24) is 10.3 Å². The summed E-state index contributed by atoms with van der Waals surface area (Å²) < 4.78 is 5.55. The van der Waals surface area contributed by atoms with Gasteiger partial charge in [0.2, 0.25) is 5.91 Å². The van der Waals surface area contributed by atoms with E-state index in [2.05, 4.69) is 31.1 Å². The summed E-state index contributed by atoms with van der Waals surface area (Å²) in [5.41, 5.74) is 6.19. The molecule has 1 fully saturated rings. The topological polar surface area (TPSA) is 77.2 Å². The van der Waals surface area contributed by atoms with Crippen molar-refractivity contribution in [3.63, 3.8) is 0 Å². The number of nitrogens with two attached hydrogens (primary N) is 1. The summed E-state index contributed by atoms with van der Waals surface area (Å²) in [6, 6.07) is -0.536. The summed E-state index contributed by atoms with van der Waals surface area (Å²) in [5, 5.41) is 6.11. The molecule has 0 aliphatic carbocycles. The number of hydrogen-bond donors (Lipinski definition) is 2. The molecule has 0 spiro atoms. The number of amides is 1. The second-order valence-corrected chi connectivity index (χ2v) is 7.06. The standard InChI is InChI=1S/C14H23N3O2S/c1-14(2,3)13-17-10(8-20-13)11(12(15)18)16-7-9-5-4-6-19-9/h8-9,11,16H,4-7H2,1-3H3,(H2,15,18). The van der Waals surface area contributed by atoms with Crippen LogP contribution in [0.4, 0.5) is 0 Å². The van der Waals surface area contributed by atoms with E-state index in [0.717, 1.165) is 24.5 Å². The Balaban J connectivity index is 2.04. The number of nitrogens with zero attached hydrogens (tertiary/aromatic N) is 1. The number of carbonyl (C=O) groups excluding carboxylic acids is 1. The molecule has 0 radical (unpaired) electrons. The zero-order valence-corrected chi connectivity index (χ0v) is 13.1. The zero-order valence-electron chi connectivity index (χ0n) is 12.3. The number of carbonyl (C=O) groups is 1. The molecular weight excluding hydrogens is 274 g/mol. The Morgan fingerprint density at radius 1 is 1.65 bits per heavy atom. The van der Waals surface area contributed by atoms with Gasteiger partial charge in [0.25, 0.3) is 0 Å². The van der Waals surface area contributed by atoms with Gasteiger partial charge in [0, 0.05) is 23.9 Å². The minimum atomic E-state index is -0.536. The lowest BCUT2D eigenvalue weighted by molar-refractivity contribution is -0.120. The van der Waals surface area contributed by atoms with E-state index in [4.69, 9.17) is 10.5 Å².